The van der Waals surface area contributed by atoms with Gasteiger partial charge in [-0.2, -0.15) is 30.7 Å². The molecule has 0 amide bonds. The fourth-order valence-electron chi connectivity index (χ4n) is 1.34. The average molecular weight is 332 g/mol. The third kappa shape index (κ3) is 3.39. The highest BCUT2D eigenvalue weighted by Crippen LogP contribution is 2.47. The summed E-state index contributed by atoms with van der Waals surface area (Å²) >= 11 is 4.60. The number of ketones is 1. The van der Waals surface area contributed by atoms with Crippen molar-refractivity contribution in [2.75, 3.05) is 0 Å². The van der Waals surface area contributed by atoms with Crippen LogP contribution in [-0.2, 0) is 4.79 Å². The number of alkyl halides is 7. The summed E-state index contributed by atoms with van der Waals surface area (Å²) in [6.07, 6.45) is -7.93. The molecule has 1 aromatic rings. The van der Waals surface area contributed by atoms with E-state index in [2.05, 4.69) is 12.2 Å². The third-order valence-corrected chi connectivity index (χ3v) is 2.90. The molecule has 0 aliphatic rings. The Hall–Kier alpha value is -1.51. The first-order chi connectivity index (χ1) is 9.41. The molecule has 0 aliphatic carbocycles. The maximum absolute atomic E-state index is 13.1. The van der Waals surface area contributed by atoms with Crippen molar-refractivity contribution < 1.29 is 35.5 Å². The van der Waals surface area contributed by atoms with Gasteiger partial charge in [0, 0.05) is 11.3 Å². The Balaban J connectivity index is 2.96. The SMILES string of the molecule is O=C(CC(=S)c1ccccc1)C(F)(F)C(F)(F)C(F)(F)F. The van der Waals surface area contributed by atoms with Crippen LogP contribution in [0.3, 0.4) is 0 Å². The van der Waals surface area contributed by atoms with Gasteiger partial charge >= 0.3 is 18.0 Å². The monoisotopic (exact) mass is 332 g/mol. The number of Topliss-reactive ketones (excluding diaryl/α,β-unsaturated/α-hetero) is 1. The van der Waals surface area contributed by atoms with Gasteiger partial charge in [-0.1, -0.05) is 42.5 Å². The molecule has 0 aromatic heterocycles. The molecule has 0 aliphatic heterocycles. The van der Waals surface area contributed by atoms with Crippen LogP contribution >= 0.6 is 12.2 Å². The maximum Gasteiger partial charge on any atom is 0.460 e. The predicted molar refractivity (Wildman–Crippen MR) is 63.7 cm³/mol. The van der Waals surface area contributed by atoms with E-state index in [1.54, 1.807) is 6.07 Å². The molecule has 0 N–H and O–H groups in total. The zero-order valence-electron chi connectivity index (χ0n) is 10.1. The topological polar surface area (TPSA) is 17.1 Å². The average Bonchev–Trinajstić information content (AvgIpc) is 2.38. The van der Waals surface area contributed by atoms with Gasteiger partial charge in [-0.15, -0.1) is 0 Å². The molecule has 1 rings (SSSR count). The molecular weight excluding hydrogens is 325 g/mol. The minimum atomic E-state index is -6.54. The van der Waals surface area contributed by atoms with Gasteiger partial charge in [-0.05, 0) is 5.56 Å². The van der Waals surface area contributed by atoms with Crippen molar-refractivity contribution in [2.24, 2.45) is 0 Å². The quantitative estimate of drug-likeness (QED) is 0.457. The highest BCUT2D eigenvalue weighted by molar-refractivity contribution is 7.80. The van der Waals surface area contributed by atoms with E-state index in [-0.39, 0.29) is 5.56 Å². The van der Waals surface area contributed by atoms with Crippen molar-refractivity contribution in [3.63, 3.8) is 0 Å². The molecule has 0 atom stereocenters. The molecule has 1 aromatic carbocycles. The largest absolute Gasteiger partial charge is 0.460 e. The van der Waals surface area contributed by atoms with E-state index in [0.29, 0.717) is 0 Å². The van der Waals surface area contributed by atoms with Gasteiger partial charge in [0.15, 0.2) is 0 Å². The molecule has 21 heavy (non-hydrogen) atoms. The Labute approximate surface area is 119 Å². The highest BCUT2D eigenvalue weighted by Gasteiger charge is 2.75. The first-order valence-electron chi connectivity index (χ1n) is 5.35. The molecule has 0 fully saturated rings. The predicted octanol–water partition coefficient (Wildman–Crippen LogP) is 4.20. The second kappa shape index (κ2) is 5.70. The molecule has 0 saturated carbocycles. The van der Waals surface area contributed by atoms with E-state index in [9.17, 15) is 35.5 Å². The first-order valence-corrected chi connectivity index (χ1v) is 5.76. The summed E-state index contributed by atoms with van der Waals surface area (Å²) < 4.78 is 87.3. The molecular formula is C12H7F7OS. The van der Waals surface area contributed by atoms with E-state index >= 15 is 0 Å². The van der Waals surface area contributed by atoms with Crippen LogP contribution in [-0.4, -0.2) is 28.7 Å². The smallest absolute Gasteiger partial charge is 0.292 e. The number of hydrogen-bond acceptors (Lipinski definition) is 2. The van der Waals surface area contributed by atoms with E-state index in [4.69, 9.17) is 0 Å². The van der Waals surface area contributed by atoms with Gasteiger partial charge in [-0.3, -0.25) is 4.79 Å². The van der Waals surface area contributed by atoms with Gasteiger partial charge in [0.05, 0.1) is 0 Å². The molecule has 1 nitrogen and oxygen atoms in total. The number of benzene rings is 1. The third-order valence-electron chi connectivity index (χ3n) is 2.52. The summed E-state index contributed by atoms with van der Waals surface area (Å²) in [7, 11) is 0. The summed E-state index contributed by atoms with van der Waals surface area (Å²) in [5.41, 5.74) is 0.118. The Morgan fingerprint density at radius 2 is 1.43 bits per heavy atom. The Morgan fingerprint density at radius 1 is 0.952 bits per heavy atom. The van der Waals surface area contributed by atoms with Crippen molar-refractivity contribution in [3.8, 4) is 0 Å². The minimum absolute atomic E-state index is 0.118. The number of carbonyl (C=O) groups is 1. The second-order valence-electron chi connectivity index (χ2n) is 4.04. The molecule has 0 spiro atoms. The van der Waals surface area contributed by atoms with E-state index in [1.165, 1.54) is 24.3 Å². The fourth-order valence-corrected chi connectivity index (χ4v) is 1.60. The van der Waals surface area contributed by atoms with Crippen LogP contribution in [0.25, 0.3) is 0 Å². The molecule has 9 heteroatoms. The first kappa shape index (κ1) is 17.5. The van der Waals surface area contributed by atoms with Gasteiger partial charge in [0.2, 0.25) is 5.78 Å². The standard InChI is InChI=1S/C12H7F7OS/c13-10(14,11(15,16)12(17,18)19)9(20)6-8(21)7-4-2-1-3-5-7/h1-5H,6H2. The summed E-state index contributed by atoms with van der Waals surface area (Å²) in [5, 5.41) is 0. The van der Waals surface area contributed by atoms with E-state index < -0.39 is 35.1 Å². The van der Waals surface area contributed by atoms with Crippen molar-refractivity contribution in [1.82, 2.24) is 0 Å². The van der Waals surface area contributed by atoms with Crippen LogP contribution in [0, 0.1) is 0 Å². The summed E-state index contributed by atoms with van der Waals surface area (Å²) in [6, 6.07) is 7.05. The molecule has 116 valence electrons. The fraction of sp³-hybridized carbons (Fsp3) is 0.333. The number of thiocarbonyl (C=S) groups is 1. The zero-order valence-corrected chi connectivity index (χ0v) is 10.9. The van der Waals surface area contributed by atoms with Crippen LogP contribution in [0.4, 0.5) is 30.7 Å². The number of carbonyl (C=O) groups excluding carboxylic acids is 1. The van der Waals surface area contributed by atoms with E-state index in [0.717, 1.165) is 0 Å². The Kier molecular flexibility index (Phi) is 4.76. The number of hydrogen-bond donors (Lipinski definition) is 0. The molecule has 0 heterocycles. The summed E-state index contributed by atoms with van der Waals surface area (Å²) in [6.45, 7) is 0. The van der Waals surface area contributed by atoms with Crippen LogP contribution in [0.5, 0.6) is 0 Å². The van der Waals surface area contributed by atoms with Gasteiger partial charge in [0.25, 0.3) is 0 Å². The van der Waals surface area contributed by atoms with Crippen LogP contribution in [0.15, 0.2) is 30.3 Å². The highest BCUT2D eigenvalue weighted by atomic mass is 32.1. The normalized spacial score (nSPS) is 13.1. The van der Waals surface area contributed by atoms with Gasteiger partial charge in [0.1, 0.15) is 0 Å². The number of rotatable bonds is 5. The lowest BCUT2D eigenvalue weighted by Gasteiger charge is -2.27. The summed E-state index contributed by atoms with van der Waals surface area (Å²) in [4.78, 5) is 10.7. The van der Waals surface area contributed by atoms with Gasteiger partial charge < -0.3 is 0 Å². The Morgan fingerprint density at radius 3 is 1.86 bits per heavy atom. The zero-order chi connectivity index (χ0) is 16.5. The lowest BCUT2D eigenvalue weighted by molar-refractivity contribution is -0.343. The molecule has 0 radical (unpaired) electrons. The van der Waals surface area contributed by atoms with E-state index in [1.807, 2.05) is 0 Å². The second-order valence-corrected chi connectivity index (χ2v) is 4.53. The molecule has 0 unspecified atom stereocenters. The van der Waals surface area contributed by atoms with Gasteiger partial charge in [-0.25, -0.2) is 0 Å². The van der Waals surface area contributed by atoms with Crippen LogP contribution in [0.2, 0.25) is 0 Å². The molecule has 0 bridgehead atoms. The van der Waals surface area contributed by atoms with Crippen molar-refractivity contribution >= 4 is 22.9 Å². The maximum atomic E-state index is 13.1. The number of halogens is 7. The van der Waals surface area contributed by atoms with Crippen LogP contribution < -0.4 is 0 Å². The van der Waals surface area contributed by atoms with Crippen molar-refractivity contribution in [1.29, 1.82) is 0 Å². The Bertz CT molecular complexity index is 536. The van der Waals surface area contributed by atoms with Crippen molar-refractivity contribution in [3.05, 3.63) is 35.9 Å². The molecule has 0 saturated heterocycles. The van der Waals surface area contributed by atoms with Crippen LogP contribution in [0.1, 0.15) is 12.0 Å². The minimum Gasteiger partial charge on any atom is -0.292 e. The lowest BCUT2D eigenvalue weighted by Crippen LogP contribution is -2.56. The summed E-state index contributed by atoms with van der Waals surface area (Å²) in [5.74, 6) is -14.9. The lowest BCUT2D eigenvalue weighted by atomic mass is 10.00. The van der Waals surface area contributed by atoms with Crippen molar-refractivity contribution in [2.45, 2.75) is 24.4 Å².